The van der Waals surface area contributed by atoms with E-state index >= 15 is 0 Å². The summed E-state index contributed by atoms with van der Waals surface area (Å²) in [5.74, 6) is 0.888. The van der Waals surface area contributed by atoms with Gasteiger partial charge in [0.15, 0.2) is 5.96 Å². The molecule has 7 heteroatoms. The molecule has 1 aliphatic heterocycles. The minimum absolute atomic E-state index is 0.0348. The lowest BCUT2D eigenvalue weighted by molar-refractivity contribution is 0.0827. The first-order valence-corrected chi connectivity index (χ1v) is 11.5. The predicted molar refractivity (Wildman–Crippen MR) is 125 cm³/mol. The zero-order chi connectivity index (χ0) is 21.3. The smallest absolute Gasteiger partial charge is 0.253 e. The lowest BCUT2D eigenvalue weighted by Crippen LogP contribution is -2.48. The number of carbonyl (C=O) groups is 1. The van der Waals surface area contributed by atoms with E-state index in [0.29, 0.717) is 6.04 Å². The van der Waals surface area contributed by atoms with Gasteiger partial charge >= 0.3 is 0 Å². The number of benzene rings is 1. The summed E-state index contributed by atoms with van der Waals surface area (Å²) >= 11 is 1.77. The molecule has 2 aromatic rings. The molecule has 1 aromatic carbocycles. The average Bonchev–Trinajstić information content (AvgIpc) is 3.27. The van der Waals surface area contributed by atoms with Crippen LogP contribution in [0, 0.1) is 0 Å². The highest BCUT2D eigenvalue weighted by atomic mass is 32.1. The van der Waals surface area contributed by atoms with Crippen molar-refractivity contribution in [2.24, 2.45) is 4.99 Å². The number of thiophene rings is 1. The van der Waals surface area contributed by atoms with Crippen LogP contribution in [0.3, 0.4) is 0 Å². The zero-order valence-corrected chi connectivity index (χ0v) is 19.0. The van der Waals surface area contributed by atoms with E-state index in [4.69, 9.17) is 0 Å². The second kappa shape index (κ2) is 11.1. The summed E-state index contributed by atoms with van der Waals surface area (Å²) in [4.78, 5) is 20.7. The van der Waals surface area contributed by atoms with Gasteiger partial charge in [-0.15, -0.1) is 0 Å². The number of hydrogen-bond donors (Lipinski definition) is 2. The predicted octanol–water partition coefficient (Wildman–Crippen LogP) is 2.82. The molecule has 6 nitrogen and oxygen atoms in total. The molecule has 1 aromatic heterocycles. The van der Waals surface area contributed by atoms with Gasteiger partial charge in [-0.2, -0.15) is 11.3 Å². The van der Waals surface area contributed by atoms with Crippen molar-refractivity contribution in [3.63, 3.8) is 0 Å². The van der Waals surface area contributed by atoms with Crippen molar-refractivity contribution in [1.29, 1.82) is 0 Å². The Morgan fingerprint density at radius 2 is 2.03 bits per heavy atom. The number of likely N-dealkylation sites (tertiary alicyclic amines) is 1. The van der Waals surface area contributed by atoms with Gasteiger partial charge in [-0.3, -0.25) is 14.7 Å². The number of rotatable bonds is 7. The summed E-state index contributed by atoms with van der Waals surface area (Å²) < 4.78 is 0. The molecule has 1 aliphatic rings. The number of carbonyl (C=O) groups excluding carboxylic acids is 1. The van der Waals surface area contributed by atoms with Gasteiger partial charge in [0.1, 0.15) is 0 Å². The highest BCUT2D eigenvalue weighted by Gasteiger charge is 2.20. The number of guanidine groups is 1. The van der Waals surface area contributed by atoms with Crippen LogP contribution in [0.4, 0.5) is 0 Å². The van der Waals surface area contributed by atoms with Gasteiger partial charge in [0.05, 0.1) is 0 Å². The maximum absolute atomic E-state index is 12.1. The minimum atomic E-state index is 0.0348. The van der Waals surface area contributed by atoms with E-state index in [-0.39, 0.29) is 5.91 Å². The van der Waals surface area contributed by atoms with Gasteiger partial charge in [-0.25, -0.2) is 0 Å². The van der Waals surface area contributed by atoms with Crippen molar-refractivity contribution in [1.82, 2.24) is 20.4 Å². The fourth-order valence-electron chi connectivity index (χ4n) is 3.71. The van der Waals surface area contributed by atoms with Gasteiger partial charge < -0.3 is 15.5 Å². The van der Waals surface area contributed by atoms with Crippen LogP contribution in [0.15, 0.2) is 46.1 Å². The zero-order valence-electron chi connectivity index (χ0n) is 18.2. The molecule has 1 fully saturated rings. The lowest BCUT2D eigenvalue weighted by Gasteiger charge is -2.33. The van der Waals surface area contributed by atoms with E-state index in [9.17, 15) is 4.79 Å². The third-order valence-electron chi connectivity index (χ3n) is 5.42. The second-order valence-electron chi connectivity index (χ2n) is 7.98. The fraction of sp³-hybridized carbons (Fsp3) is 0.478. The van der Waals surface area contributed by atoms with Crippen LogP contribution >= 0.6 is 11.3 Å². The average molecular weight is 428 g/mol. The molecule has 0 aliphatic carbocycles. The SMILES string of the molecule is CN=C(NCCc1cccc(C(=O)N(C)C)c1)NC1CCN(Cc2ccsc2)CC1. The van der Waals surface area contributed by atoms with Crippen molar-refractivity contribution < 1.29 is 4.79 Å². The summed E-state index contributed by atoms with van der Waals surface area (Å²) in [5.41, 5.74) is 3.29. The summed E-state index contributed by atoms with van der Waals surface area (Å²) in [5, 5.41) is 11.4. The monoisotopic (exact) mass is 427 g/mol. The summed E-state index contributed by atoms with van der Waals surface area (Å²) in [6.07, 6.45) is 3.09. The highest BCUT2D eigenvalue weighted by molar-refractivity contribution is 7.07. The van der Waals surface area contributed by atoms with E-state index < -0.39 is 0 Å². The summed E-state index contributed by atoms with van der Waals surface area (Å²) in [7, 11) is 5.37. The first kappa shape index (κ1) is 22.3. The van der Waals surface area contributed by atoms with E-state index in [1.165, 1.54) is 5.56 Å². The normalized spacial score (nSPS) is 15.8. The molecule has 162 valence electrons. The Bertz CT molecular complexity index is 826. The Kier molecular flexibility index (Phi) is 8.28. The molecular weight excluding hydrogens is 394 g/mol. The quantitative estimate of drug-likeness (QED) is 0.527. The van der Waals surface area contributed by atoms with E-state index in [0.717, 1.165) is 62.5 Å². The van der Waals surface area contributed by atoms with Crippen molar-refractivity contribution in [3.05, 3.63) is 57.8 Å². The maximum atomic E-state index is 12.1. The molecule has 3 rings (SSSR count). The molecule has 0 saturated carbocycles. The maximum Gasteiger partial charge on any atom is 0.253 e. The number of piperidine rings is 1. The van der Waals surface area contributed by atoms with Crippen molar-refractivity contribution in [2.45, 2.75) is 31.8 Å². The van der Waals surface area contributed by atoms with Crippen LogP contribution in [0.5, 0.6) is 0 Å². The van der Waals surface area contributed by atoms with Gasteiger partial charge in [0, 0.05) is 58.9 Å². The lowest BCUT2D eigenvalue weighted by atomic mass is 10.0. The van der Waals surface area contributed by atoms with Crippen molar-refractivity contribution in [3.8, 4) is 0 Å². The Labute approximate surface area is 184 Å². The molecule has 1 saturated heterocycles. The Hall–Kier alpha value is -2.38. The van der Waals surface area contributed by atoms with Gasteiger partial charge in [-0.1, -0.05) is 12.1 Å². The van der Waals surface area contributed by atoms with E-state index in [2.05, 4.69) is 43.4 Å². The van der Waals surface area contributed by atoms with Crippen LogP contribution in [-0.4, -0.2) is 68.5 Å². The van der Waals surface area contributed by atoms with Gasteiger partial charge in [-0.05, 0) is 59.3 Å². The Morgan fingerprint density at radius 1 is 1.23 bits per heavy atom. The largest absolute Gasteiger partial charge is 0.356 e. The highest BCUT2D eigenvalue weighted by Crippen LogP contribution is 2.15. The number of nitrogens with one attached hydrogen (secondary N) is 2. The molecule has 0 unspecified atom stereocenters. The first-order valence-electron chi connectivity index (χ1n) is 10.6. The van der Waals surface area contributed by atoms with Crippen LogP contribution in [0.25, 0.3) is 0 Å². The van der Waals surface area contributed by atoms with Gasteiger partial charge in [0.25, 0.3) is 5.91 Å². The summed E-state index contributed by atoms with van der Waals surface area (Å²) in [6.45, 7) is 4.04. The molecule has 0 radical (unpaired) electrons. The first-order chi connectivity index (χ1) is 14.5. The van der Waals surface area contributed by atoms with Crippen molar-refractivity contribution in [2.75, 3.05) is 40.8 Å². The third-order valence-corrected chi connectivity index (χ3v) is 6.16. The third kappa shape index (κ3) is 6.57. The molecule has 30 heavy (non-hydrogen) atoms. The standard InChI is InChI=1S/C23H33N5OS/c1-24-23(25-11-7-18-5-4-6-20(15-18)22(29)27(2)3)26-21-8-12-28(13-9-21)16-19-10-14-30-17-19/h4-6,10,14-15,17,21H,7-9,11-13,16H2,1-3H3,(H2,24,25,26). The second-order valence-corrected chi connectivity index (χ2v) is 8.76. The van der Waals surface area contributed by atoms with E-state index in [1.54, 1.807) is 30.3 Å². The van der Waals surface area contributed by atoms with Crippen LogP contribution in [0.1, 0.15) is 34.3 Å². The van der Waals surface area contributed by atoms with Gasteiger partial charge in [0.2, 0.25) is 0 Å². The number of nitrogens with zero attached hydrogens (tertiary/aromatic N) is 3. The minimum Gasteiger partial charge on any atom is -0.356 e. The van der Waals surface area contributed by atoms with Crippen molar-refractivity contribution >= 4 is 23.2 Å². The molecular formula is C23H33N5OS. The number of hydrogen-bond acceptors (Lipinski definition) is 4. The Balaban J connectivity index is 1.40. The van der Waals surface area contributed by atoms with Crippen LogP contribution < -0.4 is 10.6 Å². The molecule has 0 spiro atoms. The molecule has 1 amide bonds. The molecule has 2 heterocycles. The Morgan fingerprint density at radius 3 is 2.70 bits per heavy atom. The number of aliphatic imine (C=N–C) groups is 1. The summed E-state index contributed by atoms with van der Waals surface area (Å²) in [6, 6.07) is 10.5. The molecule has 0 bridgehead atoms. The molecule has 2 N–H and O–H groups in total. The fourth-order valence-corrected chi connectivity index (χ4v) is 4.37. The topological polar surface area (TPSA) is 60.0 Å². The number of amides is 1. The van der Waals surface area contributed by atoms with Crippen LogP contribution in [0.2, 0.25) is 0 Å². The van der Waals surface area contributed by atoms with E-state index in [1.807, 2.05) is 25.2 Å². The molecule has 0 atom stereocenters. The van der Waals surface area contributed by atoms with Crippen LogP contribution in [-0.2, 0) is 13.0 Å².